The number of amides is 1. The highest BCUT2D eigenvalue weighted by molar-refractivity contribution is 5.80. The van der Waals surface area contributed by atoms with E-state index in [0.29, 0.717) is 18.7 Å². The van der Waals surface area contributed by atoms with Gasteiger partial charge < -0.3 is 15.5 Å². The second-order valence-corrected chi connectivity index (χ2v) is 5.97. The molecule has 0 aliphatic rings. The summed E-state index contributed by atoms with van der Waals surface area (Å²) in [6.45, 7) is 1.76. The molecule has 0 aromatic heterocycles. The van der Waals surface area contributed by atoms with E-state index in [0.717, 1.165) is 12.5 Å². The lowest BCUT2D eigenvalue weighted by molar-refractivity contribution is -0.120. The molecule has 0 saturated carbocycles. The van der Waals surface area contributed by atoms with Crippen molar-refractivity contribution >= 4 is 11.9 Å². The van der Waals surface area contributed by atoms with E-state index in [9.17, 15) is 9.18 Å². The van der Waals surface area contributed by atoms with Gasteiger partial charge in [-0.25, -0.2) is 4.39 Å². The van der Waals surface area contributed by atoms with Gasteiger partial charge in [0.1, 0.15) is 5.82 Å². The third-order valence-electron chi connectivity index (χ3n) is 3.82. The molecule has 2 N–H and O–H groups in total. The van der Waals surface area contributed by atoms with Crippen LogP contribution in [0.15, 0.2) is 59.6 Å². The molecule has 5 nitrogen and oxygen atoms in total. The van der Waals surface area contributed by atoms with Gasteiger partial charge in [0.05, 0.1) is 6.42 Å². The number of aliphatic imine (C=N–C) groups is 1. The Kier molecular flexibility index (Phi) is 7.61. The highest BCUT2D eigenvalue weighted by Crippen LogP contribution is 2.04. The number of halogens is 1. The maximum absolute atomic E-state index is 13.1. The first-order valence-corrected chi connectivity index (χ1v) is 8.55. The van der Waals surface area contributed by atoms with E-state index in [1.165, 1.54) is 17.7 Å². The average Bonchev–Trinajstić information content (AvgIpc) is 2.62. The van der Waals surface area contributed by atoms with Crippen LogP contribution in [0.5, 0.6) is 0 Å². The molecule has 26 heavy (non-hydrogen) atoms. The predicted molar refractivity (Wildman–Crippen MR) is 102 cm³/mol. The van der Waals surface area contributed by atoms with Gasteiger partial charge in [-0.3, -0.25) is 9.79 Å². The fourth-order valence-electron chi connectivity index (χ4n) is 2.59. The van der Waals surface area contributed by atoms with E-state index in [1.54, 1.807) is 19.2 Å². The molecule has 0 fully saturated rings. The topological polar surface area (TPSA) is 56.7 Å². The molecule has 2 rings (SSSR count). The van der Waals surface area contributed by atoms with Crippen LogP contribution in [-0.4, -0.2) is 44.0 Å². The van der Waals surface area contributed by atoms with Crippen molar-refractivity contribution in [3.05, 3.63) is 71.5 Å². The molecule has 0 bridgehead atoms. The Labute approximate surface area is 153 Å². The highest BCUT2D eigenvalue weighted by atomic mass is 19.1. The van der Waals surface area contributed by atoms with Crippen LogP contribution in [0, 0.1) is 5.82 Å². The Morgan fingerprint density at radius 1 is 1.04 bits per heavy atom. The molecule has 0 spiro atoms. The van der Waals surface area contributed by atoms with Gasteiger partial charge in [-0.15, -0.1) is 0 Å². The van der Waals surface area contributed by atoms with Crippen molar-refractivity contribution in [3.63, 3.8) is 0 Å². The van der Waals surface area contributed by atoms with E-state index in [2.05, 4.69) is 27.8 Å². The zero-order chi connectivity index (χ0) is 18.8. The van der Waals surface area contributed by atoms with E-state index >= 15 is 0 Å². The maximum Gasteiger partial charge on any atom is 0.224 e. The minimum absolute atomic E-state index is 0.134. The van der Waals surface area contributed by atoms with Crippen LogP contribution in [0.2, 0.25) is 0 Å². The Hall–Kier alpha value is -2.89. The van der Waals surface area contributed by atoms with Crippen molar-refractivity contribution < 1.29 is 9.18 Å². The monoisotopic (exact) mass is 356 g/mol. The van der Waals surface area contributed by atoms with Crippen LogP contribution >= 0.6 is 0 Å². The number of nitrogens with zero attached hydrogens (tertiary/aromatic N) is 2. The number of carbonyl (C=O) groups excluding carboxylic acids is 1. The standard InChI is InChI=1S/C20H25FN4O/c1-22-20(25(2)15-16-7-4-3-5-8-16)24-12-11-23-19(26)14-17-9-6-10-18(21)13-17/h3-10,13H,11-12,14-15H2,1-2H3,(H,22,24)(H,23,26). The molecule has 6 heteroatoms. The van der Waals surface area contributed by atoms with Crippen LogP contribution in [0.1, 0.15) is 11.1 Å². The van der Waals surface area contributed by atoms with Crippen molar-refractivity contribution in [2.24, 2.45) is 4.99 Å². The largest absolute Gasteiger partial charge is 0.354 e. The summed E-state index contributed by atoms with van der Waals surface area (Å²) in [5, 5.41) is 6.04. The molecule has 0 unspecified atom stereocenters. The van der Waals surface area contributed by atoms with Gasteiger partial charge in [0.15, 0.2) is 5.96 Å². The van der Waals surface area contributed by atoms with Crippen molar-refractivity contribution in [2.75, 3.05) is 27.2 Å². The Morgan fingerprint density at radius 2 is 1.73 bits per heavy atom. The van der Waals surface area contributed by atoms with Crippen LogP contribution in [0.3, 0.4) is 0 Å². The third-order valence-corrected chi connectivity index (χ3v) is 3.82. The zero-order valence-corrected chi connectivity index (χ0v) is 15.2. The normalized spacial score (nSPS) is 11.1. The molecule has 1 amide bonds. The molecule has 0 atom stereocenters. The summed E-state index contributed by atoms with van der Waals surface area (Å²) >= 11 is 0. The summed E-state index contributed by atoms with van der Waals surface area (Å²) in [6.07, 6.45) is 0.167. The minimum atomic E-state index is -0.331. The predicted octanol–water partition coefficient (Wildman–Crippen LogP) is 2.19. The summed E-state index contributed by atoms with van der Waals surface area (Å²) in [4.78, 5) is 18.2. The lowest BCUT2D eigenvalue weighted by Crippen LogP contribution is -2.42. The van der Waals surface area contributed by atoms with Gasteiger partial charge in [0.25, 0.3) is 0 Å². The molecule has 2 aromatic carbocycles. The Balaban J connectivity index is 1.71. The molecule has 0 saturated heterocycles. The zero-order valence-electron chi connectivity index (χ0n) is 15.2. The van der Waals surface area contributed by atoms with E-state index in [-0.39, 0.29) is 18.1 Å². The van der Waals surface area contributed by atoms with Gasteiger partial charge in [0.2, 0.25) is 5.91 Å². The third kappa shape index (κ3) is 6.55. The van der Waals surface area contributed by atoms with Gasteiger partial charge in [-0.05, 0) is 23.3 Å². The fourth-order valence-corrected chi connectivity index (χ4v) is 2.59. The molecular weight excluding hydrogens is 331 g/mol. The first-order chi connectivity index (χ1) is 12.6. The Bertz CT molecular complexity index is 734. The van der Waals surface area contributed by atoms with Crippen molar-refractivity contribution in [2.45, 2.75) is 13.0 Å². The highest BCUT2D eigenvalue weighted by Gasteiger charge is 2.07. The van der Waals surface area contributed by atoms with Crippen molar-refractivity contribution in [1.82, 2.24) is 15.5 Å². The molecule has 0 aliphatic carbocycles. The van der Waals surface area contributed by atoms with Crippen molar-refractivity contribution in [3.8, 4) is 0 Å². The SMILES string of the molecule is CN=C(NCCNC(=O)Cc1cccc(F)c1)N(C)Cc1ccccc1. The van der Waals surface area contributed by atoms with Crippen LogP contribution in [-0.2, 0) is 17.8 Å². The fraction of sp³-hybridized carbons (Fsp3) is 0.300. The van der Waals surface area contributed by atoms with Crippen molar-refractivity contribution in [1.29, 1.82) is 0 Å². The average molecular weight is 356 g/mol. The lowest BCUT2D eigenvalue weighted by Gasteiger charge is -2.22. The number of rotatable bonds is 7. The minimum Gasteiger partial charge on any atom is -0.354 e. The van der Waals surface area contributed by atoms with Crippen LogP contribution in [0.25, 0.3) is 0 Å². The molecule has 2 aromatic rings. The number of hydrogen-bond acceptors (Lipinski definition) is 2. The number of benzene rings is 2. The Morgan fingerprint density at radius 3 is 2.42 bits per heavy atom. The summed E-state index contributed by atoms with van der Waals surface area (Å²) in [7, 11) is 3.69. The summed E-state index contributed by atoms with van der Waals surface area (Å²) in [5.41, 5.74) is 1.86. The number of carbonyl (C=O) groups is 1. The van der Waals surface area contributed by atoms with Gasteiger partial charge in [-0.2, -0.15) is 0 Å². The van der Waals surface area contributed by atoms with Gasteiger partial charge in [-0.1, -0.05) is 42.5 Å². The first-order valence-electron chi connectivity index (χ1n) is 8.55. The smallest absolute Gasteiger partial charge is 0.224 e. The van der Waals surface area contributed by atoms with Gasteiger partial charge >= 0.3 is 0 Å². The van der Waals surface area contributed by atoms with Gasteiger partial charge in [0, 0.05) is 33.7 Å². The number of nitrogens with one attached hydrogen (secondary N) is 2. The van der Waals surface area contributed by atoms with Crippen LogP contribution in [0.4, 0.5) is 4.39 Å². The molecule has 0 aliphatic heterocycles. The summed E-state index contributed by atoms with van der Waals surface area (Å²) < 4.78 is 13.1. The molecule has 0 radical (unpaired) electrons. The molecule has 138 valence electrons. The van der Waals surface area contributed by atoms with Crippen LogP contribution < -0.4 is 10.6 Å². The number of hydrogen-bond donors (Lipinski definition) is 2. The second-order valence-electron chi connectivity index (χ2n) is 5.97. The van der Waals surface area contributed by atoms with E-state index < -0.39 is 0 Å². The lowest BCUT2D eigenvalue weighted by atomic mass is 10.1. The quantitative estimate of drug-likeness (QED) is 0.454. The molecule has 0 heterocycles. The molecular formula is C20H25FN4O. The van der Waals surface area contributed by atoms with E-state index in [4.69, 9.17) is 0 Å². The van der Waals surface area contributed by atoms with E-state index in [1.807, 2.05) is 30.1 Å². The summed E-state index contributed by atoms with van der Waals surface area (Å²) in [5.74, 6) is 0.292. The second kappa shape index (κ2) is 10.2. The summed E-state index contributed by atoms with van der Waals surface area (Å²) in [6, 6.07) is 16.2. The maximum atomic E-state index is 13.1. The number of guanidine groups is 1. The first kappa shape index (κ1) is 19.4.